The zero-order valence-corrected chi connectivity index (χ0v) is 11.0. The van der Waals surface area contributed by atoms with Gasteiger partial charge in [0, 0.05) is 5.02 Å². The Morgan fingerprint density at radius 1 is 1.06 bits per heavy atom. The minimum atomic E-state index is 0.491. The van der Waals surface area contributed by atoms with Crippen molar-refractivity contribution < 1.29 is 4.74 Å². The lowest BCUT2D eigenvalue weighted by Gasteiger charge is -2.09. The molecule has 0 N–H and O–H groups in total. The molecule has 0 amide bonds. The van der Waals surface area contributed by atoms with Crippen molar-refractivity contribution >= 4 is 23.2 Å². The molecule has 0 aliphatic heterocycles. The standard InChI is InChI=1S/C13H11Cl2NO/c1-8-5-10(14)3-4-12(8)17-11-6-9(2)13(15)16-7-11/h3-7H,1-2H3. The van der Waals surface area contributed by atoms with E-state index < -0.39 is 0 Å². The summed E-state index contributed by atoms with van der Waals surface area (Å²) in [6.45, 7) is 3.83. The molecule has 0 spiro atoms. The highest BCUT2D eigenvalue weighted by atomic mass is 35.5. The fourth-order valence-electron chi connectivity index (χ4n) is 1.44. The second kappa shape index (κ2) is 4.94. The third kappa shape index (κ3) is 2.90. The van der Waals surface area contributed by atoms with Crippen molar-refractivity contribution in [3.63, 3.8) is 0 Å². The van der Waals surface area contributed by atoms with Crippen molar-refractivity contribution in [1.82, 2.24) is 4.98 Å². The molecule has 0 aliphatic rings. The summed E-state index contributed by atoms with van der Waals surface area (Å²) in [5, 5.41) is 1.19. The fourth-order valence-corrected chi connectivity index (χ4v) is 1.77. The lowest BCUT2D eigenvalue weighted by molar-refractivity contribution is 0.476. The Bertz CT molecular complexity index is 555. The molecule has 2 nitrogen and oxygen atoms in total. The van der Waals surface area contributed by atoms with E-state index in [4.69, 9.17) is 27.9 Å². The predicted molar refractivity (Wildman–Crippen MR) is 70.2 cm³/mol. The zero-order valence-electron chi connectivity index (χ0n) is 9.50. The third-order valence-electron chi connectivity index (χ3n) is 2.35. The number of ether oxygens (including phenoxy) is 1. The number of halogens is 2. The summed E-state index contributed by atoms with van der Waals surface area (Å²) in [7, 11) is 0. The minimum absolute atomic E-state index is 0.491. The maximum Gasteiger partial charge on any atom is 0.146 e. The summed E-state index contributed by atoms with van der Waals surface area (Å²) < 4.78 is 5.72. The Morgan fingerprint density at radius 3 is 2.47 bits per heavy atom. The van der Waals surface area contributed by atoms with E-state index in [1.54, 1.807) is 12.3 Å². The number of hydrogen-bond donors (Lipinski definition) is 0. The lowest BCUT2D eigenvalue weighted by atomic mass is 10.2. The summed E-state index contributed by atoms with van der Waals surface area (Å²) in [5.41, 5.74) is 1.86. The quantitative estimate of drug-likeness (QED) is 0.730. The number of hydrogen-bond acceptors (Lipinski definition) is 2. The molecule has 0 saturated carbocycles. The van der Waals surface area contributed by atoms with Gasteiger partial charge in [0.1, 0.15) is 16.7 Å². The van der Waals surface area contributed by atoms with E-state index in [1.165, 1.54) is 0 Å². The van der Waals surface area contributed by atoms with Gasteiger partial charge in [-0.3, -0.25) is 0 Å². The summed E-state index contributed by atoms with van der Waals surface area (Å²) in [4.78, 5) is 4.04. The van der Waals surface area contributed by atoms with Crippen LogP contribution in [0.2, 0.25) is 10.2 Å². The molecule has 88 valence electrons. The molecule has 0 saturated heterocycles. The highest BCUT2D eigenvalue weighted by Crippen LogP contribution is 2.28. The molecule has 0 unspecified atom stereocenters. The molecule has 0 aliphatic carbocycles. The SMILES string of the molecule is Cc1cc(Cl)ccc1Oc1cnc(Cl)c(C)c1. The van der Waals surface area contributed by atoms with Crippen LogP contribution in [0.1, 0.15) is 11.1 Å². The van der Waals surface area contributed by atoms with E-state index in [0.29, 0.717) is 15.9 Å². The van der Waals surface area contributed by atoms with Crippen molar-refractivity contribution in [3.8, 4) is 11.5 Å². The number of rotatable bonds is 2. The molecule has 4 heteroatoms. The molecule has 2 rings (SSSR count). The number of aryl methyl sites for hydroxylation is 2. The average molecular weight is 268 g/mol. The monoisotopic (exact) mass is 267 g/mol. The van der Waals surface area contributed by atoms with Crippen LogP contribution in [0, 0.1) is 13.8 Å². The van der Waals surface area contributed by atoms with Crippen LogP contribution in [0.4, 0.5) is 0 Å². The molecule has 1 heterocycles. The predicted octanol–water partition coefficient (Wildman–Crippen LogP) is 4.80. The normalized spacial score (nSPS) is 10.4. The highest BCUT2D eigenvalue weighted by Gasteiger charge is 2.04. The van der Waals surface area contributed by atoms with Crippen molar-refractivity contribution in [2.45, 2.75) is 13.8 Å². The van der Waals surface area contributed by atoms with Gasteiger partial charge in [-0.15, -0.1) is 0 Å². The van der Waals surface area contributed by atoms with Crippen LogP contribution in [-0.4, -0.2) is 4.98 Å². The van der Waals surface area contributed by atoms with Gasteiger partial charge in [0.15, 0.2) is 0 Å². The molecule has 0 atom stereocenters. The van der Waals surface area contributed by atoms with E-state index in [9.17, 15) is 0 Å². The highest BCUT2D eigenvalue weighted by molar-refractivity contribution is 6.30. The molecular weight excluding hydrogens is 257 g/mol. The van der Waals surface area contributed by atoms with Gasteiger partial charge >= 0.3 is 0 Å². The van der Waals surface area contributed by atoms with Crippen LogP contribution in [-0.2, 0) is 0 Å². The van der Waals surface area contributed by atoms with Crippen molar-refractivity contribution in [1.29, 1.82) is 0 Å². The van der Waals surface area contributed by atoms with Crippen LogP contribution < -0.4 is 4.74 Å². The first-order chi connectivity index (χ1) is 8.06. The smallest absolute Gasteiger partial charge is 0.146 e. The first-order valence-electron chi connectivity index (χ1n) is 5.12. The molecule has 17 heavy (non-hydrogen) atoms. The second-order valence-corrected chi connectivity index (χ2v) is 4.59. The van der Waals surface area contributed by atoms with Gasteiger partial charge in [-0.05, 0) is 49.2 Å². The molecule has 1 aromatic heterocycles. The summed E-state index contributed by atoms with van der Waals surface area (Å²) in [6, 6.07) is 7.33. The largest absolute Gasteiger partial charge is 0.455 e. The Morgan fingerprint density at radius 2 is 1.82 bits per heavy atom. The fraction of sp³-hybridized carbons (Fsp3) is 0.154. The van der Waals surface area contributed by atoms with E-state index in [2.05, 4.69) is 4.98 Å². The van der Waals surface area contributed by atoms with Crippen molar-refractivity contribution in [3.05, 3.63) is 51.8 Å². The molecule has 0 fully saturated rings. The lowest BCUT2D eigenvalue weighted by Crippen LogP contribution is -1.90. The molecule has 1 aromatic carbocycles. The Hall–Kier alpha value is -1.25. The van der Waals surface area contributed by atoms with Crippen LogP contribution in [0.15, 0.2) is 30.5 Å². The van der Waals surface area contributed by atoms with Gasteiger partial charge in [-0.25, -0.2) is 4.98 Å². The first-order valence-corrected chi connectivity index (χ1v) is 5.88. The third-order valence-corrected chi connectivity index (χ3v) is 2.98. The van der Waals surface area contributed by atoms with Crippen molar-refractivity contribution in [2.24, 2.45) is 0 Å². The maximum atomic E-state index is 5.88. The van der Waals surface area contributed by atoms with E-state index in [0.717, 1.165) is 16.9 Å². The average Bonchev–Trinajstić information content (AvgIpc) is 2.27. The number of nitrogens with zero attached hydrogens (tertiary/aromatic N) is 1. The van der Waals surface area contributed by atoms with Gasteiger partial charge in [0.25, 0.3) is 0 Å². The molecular formula is C13H11Cl2NO. The Labute approximate surface area is 110 Å². The van der Waals surface area contributed by atoms with Gasteiger partial charge < -0.3 is 4.74 Å². The Balaban J connectivity index is 2.28. The zero-order chi connectivity index (χ0) is 12.4. The van der Waals surface area contributed by atoms with E-state index in [1.807, 2.05) is 32.0 Å². The van der Waals surface area contributed by atoms with Crippen LogP contribution in [0.5, 0.6) is 11.5 Å². The number of benzene rings is 1. The van der Waals surface area contributed by atoms with Crippen LogP contribution in [0.25, 0.3) is 0 Å². The second-order valence-electron chi connectivity index (χ2n) is 3.79. The summed E-state index contributed by atoms with van der Waals surface area (Å²) >= 11 is 11.7. The van der Waals surface area contributed by atoms with Gasteiger partial charge in [0.2, 0.25) is 0 Å². The van der Waals surface area contributed by atoms with E-state index in [-0.39, 0.29) is 0 Å². The minimum Gasteiger partial charge on any atom is -0.455 e. The Kier molecular flexibility index (Phi) is 3.55. The van der Waals surface area contributed by atoms with Crippen molar-refractivity contribution in [2.75, 3.05) is 0 Å². The molecule has 0 bridgehead atoms. The number of pyridine rings is 1. The number of aromatic nitrogens is 1. The topological polar surface area (TPSA) is 22.1 Å². The summed E-state index contributed by atoms with van der Waals surface area (Å²) in [6.07, 6.45) is 1.60. The maximum absolute atomic E-state index is 5.88. The van der Waals surface area contributed by atoms with Gasteiger partial charge in [0.05, 0.1) is 6.20 Å². The first kappa shape index (κ1) is 12.2. The van der Waals surface area contributed by atoms with Crippen LogP contribution >= 0.6 is 23.2 Å². The molecule has 2 aromatic rings. The summed E-state index contributed by atoms with van der Waals surface area (Å²) in [5.74, 6) is 1.43. The molecule has 0 radical (unpaired) electrons. The van der Waals surface area contributed by atoms with Crippen LogP contribution in [0.3, 0.4) is 0 Å². The van der Waals surface area contributed by atoms with E-state index >= 15 is 0 Å². The van der Waals surface area contributed by atoms with Gasteiger partial charge in [-0.2, -0.15) is 0 Å². The van der Waals surface area contributed by atoms with Gasteiger partial charge in [-0.1, -0.05) is 23.2 Å².